The topological polar surface area (TPSA) is 62.0 Å². The first-order valence-corrected chi connectivity index (χ1v) is 10.3. The molecule has 2 N–H and O–H groups in total. The molecule has 0 saturated carbocycles. The summed E-state index contributed by atoms with van der Waals surface area (Å²) >= 11 is 6.12. The van der Waals surface area contributed by atoms with Crippen LogP contribution in [0.3, 0.4) is 0 Å². The van der Waals surface area contributed by atoms with Crippen LogP contribution in [-0.4, -0.2) is 19.4 Å². The van der Waals surface area contributed by atoms with E-state index in [4.69, 9.17) is 11.6 Å². The molecule has 0 spiro atoms. The van der Waals surface area contributed by atoms with Crippen LogP contribution in [0.4, 0.5) is 4.39 Å². The highest BCUT2D eigenvalue weighted by Crippen LogP contribution is 2.31. The lowest BCUT2D eigenvalue weighted by Crippen LogP contribution is -2.39. The molecule has 26 heavy (non-hydrogen) atoms. The van der Waals surface area contributed by atoms with Gasteiger partial charge >= 0.3 is 0 Å². The summed E-state index contributed by atoms with van der Waals surface area (Å²) in [7, 11) is -3.71. The van der Waals surface area contributed by atoms with Gasteiger partial charge < -0.3 is 4.98 Å². The molecule has 0 radical (unpaired) electrons. The minimum Gasteiger partial charge on any atom is -0.358 e. The third kappa shape index (κ3) is 3.13. The molecular weight excluding hydrogens is 375 g/mol. The van der Waals surface area contributed by atoms with Crippen molar-refractivity contribution in [3.05, 3.63) is 64.1 Å². The molecule has 1 unspecified atom stereocenters. The van der Waals surface area contributed by atoms with E-state index in [2.05, 4.69) is 9.71 Å². The summed E-state index contributed by atoms with van der Waals surface area (Å²) in [4.78, 5) is 3.51. The van der Waals surface area contributed by atoms with E-state index in [1.165, 1.54) is 18.2 Å². The summed E-state index contributed by atoms with van der Waals surface area (Å²) in [5.41, 5.74) is 3.65. The molecule has 1 aliphatic carbocycles. The van der Waals surface area contributed by atoms with Gasteiger partial charge in [-0.05, 0) is 73.7 Å². The maximum absolute atomic E-state index is 13.3. The van der Waals surface area contributed by atoms with Crippen molar-refractivity contribution >= 4 is 32.5 Å². The second-order valence-electron chi connectivity index (χ2n) is 6.74. The summed E-state index contributed by atoms with van der Waals surface area (Å²) in [6.07, 6.45) is 2.05. The number of aromatic nitrogens is 1. The first kappa shape index (κ1) is 17.5. The van der Waals surface area contributed by atoms with Crippen molar-refractivity contribution in [2.45, 2.75) is 37.1 Å². The lowest BCUT2D eigenvalue weighted by Gasteiger charge is -2.24. The number of H-pyrrole nitrogens is 1. The predicted molar refractivity (Wildman–Crippen MR) is 101 cm³/mol. The predicted octanol–water partition coefficient (Wildman–Crippen LogP) is 4.10. The monoisotopic (exact) mass is 392 g/mol. The molecule has 136 valence electrons. The fourth-order valence-electron chi connectivity index (χ4n) is 3.69. The van der Waals surface area contributed by atoms with Gasteiger partial charge in [-0.2, -0.15) is 0 Å². The maximum Gasteiger partial charge on any atom is 0.241 e. The minimum absolute atomic E-state index is 0.117. The van der Waals surface area contributed by atoms with E-state index in [1.54, 1.807) is 6.92 Å². The van der Waals surface area contributed by atoms with Crippen LogP contribution < -0.4 is 4.72 Å². The number of aryl methyl sites for hydroxylation is 2. The molecule has 1 atom stereocenters. The second-order valence-corrected chi connectivity index (χ2v) is 8.86. The van der Waals surface area contributed by atoms with Gasteiger partial charge in [-0.15, -0.1) is 0 Å². The maximum atomic E-state index is 13.3. The largest absolute Gasteiger partial charge is 0.358 e. The highest BCUT2D eigenvalue weighted by molar-refractivity contribution is 7.89. The average molecular weight is 393 g/mol. The zero-order valence-electron chi connectivity index (χ0n) is 14.1. The Hall–Kier alpha value is -1.89. The lowest BCUT2D eigenvalue weighted by molar-refractivity contribution is 0.506. The molecule has 0 saturated heterocycles. The Labute approximate surface area is 156 Å². The van der Waals surface area contributed by atoms with Crippen LogP contribution in [0.2, 0.25) is 5.02 Å². The third-order valence-corrected chi connectivity index (χ3v) is 6.81. The normalized spacial score (nSPS) is 17.4. The van der Waals surface area contributed by atoms with Crippen LogP contribution in [0, 0.1) is 12.7 Å². The quantitative estimate of drug-likeness (QED) is 0.704. The standard InChI is InChI=1S/C19H18ClFN2O2S/c1-11-8-13(21)3-7-19(11)26(24,25)23-14-4-6-18-16(10-14)15-9-12(20)2-5-17(15)22-18/h2-3,5,7-9,14,22-23H,4,6,10H2,1H3. The van der Waals surface area contributed by atoms with Gasteiger partial charge in [-0.3, -0.25) is 0 Å². The number of aromatic amines is 1. The average Bonchev–Trinajstić information content (AvgIpc) is 2.91. The van der Waals surface area contributed by atoms with E-state index in [-0.39, 0.29) is 10.9 Å². The Kier molecular flexibility index (Phi) is 4.29. The molecule has 4 nitrogen and oxygen atoms in total. The van der Waals surface area contributed by atoms with Crippen LogP contribution in [-0.2, 0) is 22.9 Å². The number of sulfonamides is 1. The molecule has 1 aromatic heterocycles. The van der Waals surface area contributed by atoms with Crippen LogP contribution in [0.1, 0.15) is 23.2 Å². The molecule has 4 rings (SSSR count). The van der Waals surface area contributed by atoms with Crippen molar-refractivity contribution < 1.29 is 12.8 Å². The van der Waals surface area contributed by atoms with E-state index in [1.807, 2.05) is 18.2 Å². The molecule has 1 aliphatic rings. The van der Waals surface area contributed by atoms with Crippen LogP contribution in [0.15, 0.2) is 41.3 Å². The highest BCUT2D eigenvalue weighted by atomic mass is 35.5. The molecule has 0 amide bonds. The van der Waals surface area contributed by atoms with Crippen molar-refractivity contribution in [3.63, 3.8) is 0 Å². The molecular formula is C19H18ClFN2O2S. The van der Waals surface area contributed by atoms with Gasteiger partial charge in [-0.25, -0.2) is 17.5 Å². The smallest absolute Gasteiger partial charge is 0.241 e. The van der Waals surface area contributed by atoms with Gasteiger partial charge in [0.15, 0.2) is 0 Å². The van der Waals surface area contributed by atoms with Gasteiger partial charge in [0.1, 0.15) is 5.82 Å². The number of halogens is 2. The third-order valence-electron chi connectivity index (χ3n) is 4.90. The zero-order valence-corrected chi connectivity index (χ0v) is 15.7. The molecule has 0 bridgehead atoms. The summed E-state index contributed by atoms with van der Waals surface area (Å²) in [5, 5.41) is 1.69. The summed E-state index contributed by atoms with van der Waals surface area (Å²) in [5.74, 6) is -0.445. The number of benzene rings is 2. The van der Waals surface area contributed by atoms with Crippen molar-refractivity contribution in [2.24, 2.45) is 0 Å². The van der Waals surface area contributed by atoms with E-state index < -0.39 is 15.8 Å². The summed E-state index contributed by atoms with van der Waals surface area (Å²) in [6, 6.07) is 9.19. The highest BCUT2D eigenvalue weighted by Gasteiger charge is 2.27. The van der Waals surface area contributed by atoms with Crippen molar-refractivity contribution in [3.8, 4) is 0 Å². The second kappa shape index (κ2) is 6.37. The van der Waals surface area contributed by atoms with E-state index >= 15 is 0 Å². The number of nitrogens with one attached hydrogen (secondary N) is 2. The van der Waals surface area contributed by atoms with Crippen molar-refractivity contribution in [1.82, 2.24) is 9.71 Å². The van der Waals surface area contributed by atoms with E-state index in [0.29, 0.717) is 23.4 Å². The van der Waals surface area contributed by atoms with Crippen LogP contribution >= 0.6 is 11.6 Å². The summed E-state index contributed by atoms with van der Waals surface area (Å²) < 4.78 is 41.5. The fourth-order valence-corrected chi connectivity index (χ4v) is 5.36. The Morgan fingerprint density at radius 3 is 2.81 bits per heavy atom. The van der Waals surface area contributed by atoms with Gasteiger partial charge in [-0.1, -0.05) is 11.6 Å². The van der Waals surface area contributed by atoms with Gasteiger partial charge in [0, 0.05) is 27.7 Å². The first-order chi connectivity index (χ1) is 12.3. The molecule has 0 fully saturated rings. The number of hydrogen-bond acceptors (Lipinski definition) is 2. The van der Waals surface area contributed by atoms with Crippen molar-refractivity contribution in [2.75, 3.05) is 0 Å². The molecule has 3 aromatic rings. The number of hydrogen-bond donors (Lipinski definition) is 2. The number of fused-ring (bicyclic) bond motifs is 3. The number of rotatable bonds is 3. The Morgan fingerprint density at radius 1 is 1.23 bits per heavy atom. The fraction of sp³-hybridized carbons (Fsp3) is 0.263. The zero-order chi connectivity index (χ0) is 18.5. The summed E-state index contributed by atoms with van der Waals surface area (Å²) in [6.45, 7) is 1.60. The Morgan fingerprint density at radius 2 is 2.04 bits per heavy atom. The van der Waals surface area contributed by atoms with Crippen molar-refractivity contribution in [1.29, 1.82) is 0 Å². The molecule has 0 aliphatic heterocycles. The van der Waals surface area contributed by atoms with Crippen LogP contribution in [0.5, 0.6) is 0 Å². The Balaban J connectivity index is 1.63. The lowest BCUT2D eigenvalue weighted by atomic mass is 9.92. The first-order valence-electron chi connectivity index (χ1n) is 8.41. The van der Waals surface area contributed by atoms with Gasteiger partial charge in [0.25, 0.3) is 0 Å². The van der Waals surface area contributed by atoms with Gasteiger partial charge in [0.2, 0.25) is 10.0 Å². The molecule has 1 heterocycles. The van der Waals surface area contributed by atoms with Crippen LogP contribution in [0.25, 0.3) is 10.9 Å². The van der Waals surface area contributed by atoms with Gasteiger partial charge in [0.05, 0.1) is 4.90 Å². The minimum atomic E-state index is -3.71. The SMILES string of the molecule is Cc1cc(F)ccc1S(=O)(=O)NC1CCc2[nH]c3ccc(Cl)cc3c2C1. The molecule has 2 aromatic carbocycles. The van der Waals surface area contributed by atoms with E-state index in [0.717, 1.165) is 28.6 Å². The Bertz CT molecular complexity index is 1110. The van der Waals surface area contributed by atoms with E-state index in [9.17, 15) is 12.8 Å². The molecule has 7 heteroatoms.